The van der Waals surface area contributed by atoms with Crippen LogP contribution < -0.4 is 20.1 Å². The highest BCUT2D eigenvalue weighted by Crippen LogP contribution is 2.32. The van der Waals surface area contributed by atoms with Gasteiger partial charge >= 0.3 is 0 Å². The second kappa shape index (κ2) is 11.4. The summed E-state index contributed by atoms with van der Waals surface area (Å²) in [4.78, 5) is 24.7. The molecular formula is C25H36N6O3. The number of hydrogen-bond donors (Lipinski definition) is 2. The van der Waals surface area contributed by atoms with Gasteiger partial charge in [-0.15, -0.1) is 0 Å². The van der Waals surface area contributed by atoms with Crippen molar-refractivity contribution in [3.05, 3.63) is 30.5 Å². The fourth-order valence-electron chi connectivity index (χ4n) is 4.59. The molecule has 34 heavy (non-hydrogen) atoms. The van der Waals surface area contributed by atoms with Crippen LogP contribution in [0.4, 0.5) is 17.5 Å². The summed E-state index contributed by atoms with van der Waals surface area (Å²) in [5, 5.41) is 6.70. The SMILES string of the molecule is COc1ccc(Nc2nccc(NCC3CCN(C(C)=O)CC3)n2)cc1OC[C@@H]1CCCN1C. The number of rotatable bonds is 9. The Kier molecular flexibility index (Phi) is 8.05. The number of aromatic nitrogens is 2. The lowest BCUT2D eigenvalue weighted by Crippen LogP contribution is -2.38. The second-order valence-electron chi connectivity index (χ2n) is 9.17. The molecule has 0 unspecified atom stereocenters. The molecule has 9 nitrogen and oxygen atoms in total. The maximum atomic E-state index is 11.5. The lowest BCUT2D eigenvalue weighted by Gasteiger charge is -2.31. The van der Waals surface area contributed by atoms with E-state index in [2.05, 4.69) is 32.5 Å². The van der Waals surface area contributed by atoms with Crippen molar-refractivity contribution in [2.45, 2.75) is 38.6 Å². The van der Waals surface area contributed by atoms with Gasteiger partial charge in [-0.1, -0.05) is 0 Å². The Morgan fingerprint density at radius 1 is 1.15 bits per heavy atom. The topological polar surface area (TPSA) is 91.9 Å². The number of likely N-dealkylation sites (N-methyl/N-ethyl adjacent to an activating group) is 1. The van der Waals surface area contributed by atoms with Gasteiger partial charge in [-0.3, -0.25) is 4.79 Å². The number of hydrogen-bond acceptors (Lipinski definition) is 8. The summed E-state index contributed by atoms with van der Waals surface area (Å²) in [6.07, 6.45) is 6.12. The molecule has 0 radical (unpaired) electrons. The molecule has 2 aliphatic rings. The Hall–Kier alpha value is -3.07. The number of nitrogens with zero attached hydrogens (tertiary/aromatic N) is 4. The van der Waals surface area contributed by atoms with Gasteiger partial charge in [0.2, 0.25) is 11.9 Å². The molecule has 1 amide bonds. The molecule has 2 fully saturated rings. The van der Waals surface area contributed by atoms with Crippen molar-refractivity contribution >= 4 is 23.4 Å². The average Bonchev–Trinajstić information content (AvgIpc) is 3.26. The van der Waals surface area contributed by atoms with E-state index in [9.17, 15) is 4.79 Å². The maximum Gasteiger partial charge on any atom is 0.229 e. The first-order valence-corrected chi connectivity index (χ1v) is 12.1. The lowest BCUT2D eigenvalue weighted by molar-refractivity contribution is -0.130. The summed E-state index contributed by atoms with van der Waals surface area (Å²) >= 11 is 0. The molecular weight excluding hydrogens is 432 g/mol. The van der Waals surface area contributed by atoms with Crippen LogP contribution in [0.25, 0.3) is 0 Å². The number of carbonyl (C=O) groups is 1. The predicted molar refractivity (Wildman–Crippen MR) is 133 cm³/mol. The Morgan fingerprint density at radius 3 is 2.68 bits per heavy atom. The summed E-state index contributed by atoms with van der Waals surface area (Å²) in [5.41, 5.74) is 0.837. The highest BCUT2D eigenvalue weighted by Gasteiger charge is 2.22. The van der Waals surface area contributed by atoms with Gasteiger partial charge in [0, 0.05) is 50.6 Å². The third-order valence-electron chi connectivity index (χ3n) is 6.81. The molecule has 0 bridgehead atoms. The van der Waals surface area contributed by atoms with E-state index in [1.165, 1.54) is 6.42 Å². The van der Waals surface area contributed by atoms with E-state index >= 15 is 0 Å². The van der Waals surface area contributed by atoms with E-state index in [4.69, 9.17) is 9.47 Å². The van der Waals surface area contributed by atoms with Crippen molar-refractivity contribution in [3.63, 3.8) is 0 Å². The van der Waals surface area contributed by atoms with Crippen molar-refractivity contribution in [1.82, 2.24) is 19.8 Å². The molecule has 9 heteroatoms. The normalized spacial score (nSPS) is 19.1. The van der Waals surface area contributed by atoms with E-state index in [0.29, 0.717) is 36.0 Å². The first-order chi connectivity index (χ1) is 16.5. The number of nitrogens with one attached hydrogen (secondary N) is 2. The first-order valence-electron chi connectivity index (χ1n) is 12.1. The Labute approximate surface area is 201 Å². The van der Waals surface area contributed by atoms with E-state index < -0.39 is 0 Å². The minimum Gasteiger partial charge on any atom is -0.493 e. The number of carbonyl (C=O) groups excluding carboxylic acids is 1. The monoisotopic (exact) mass is 468 g/mol. The van der Waals surface area contributed by atoms with Gasteiger partial charge in [-0.2, -0.15) is 4.98 Å². The summed E-state index contributed by atoms with van der Waals surface area (Å²) in [5.74, 6) is 3.40. The van der Waals surface area contributed by atoms with Crippen molar-refractivity contribution in [1.29, 1.82) is 0 Å². The van der Waals surface area contributed by atoms with Crippen LogP contribution in [0.2, 0.25) is 0 Å². The highest BCUT2D eigenvalue weighted by molar-refractivity contribution is 5.73. The fraction of sp³-hybridized carbons (Fsp3) is 0.560. The van der Waals surface area contributed by atoms with Crippen LogP contribution in [0.5, 0.6) is 11.5 Å². The number of ether oxygens (including phenoxy) is 2. The molecule has 184 valence electrons. The quantitative estimate of drug-likeness (QED) is 0.579. The average molecular weight is 469 g/mol. The molecule has 1 aromatic carbocycles. The van der Waals surface area contributed by atoms with Gasteiger partial charge in [0.25, 0.3) is 0 Å². The second-order valence-corrected chi connectivity index (χ2v) is 9.17. The predicted octanol–water partition coefficient (Wildman–Crippen LogP) is 3.37. The van der Waals surface area contributed by atoms with E-state index in [1.807, 2.05) is 29.2 Å². The fourth-order valence-corrected chi connectivity index (χ4v) is 4.59. The Balaban J connectivity index is 1.33. The molecule has 0 aliphatic carbocycles. The largest absolute Gasteiger partial charge is 0.493 e. The van der Waals surface area contributed by atoms with Gasteiger partial charge in [-0.05, 0) is 63.4 Å². The number of benzene rings is 1. The minimum atomic E-state index is 0.163. The Bertz CT molecular complexity index is 963. The van der Waals surface area contributed by atoms with Gasteiger partial charge in [0.1, 0.15) is 12.4 Å². The van der Waals surface area contributed by atoms with Crippen molar-refractivity contribution in [2.24, 2.45) is 5.92 Å². The van der Waals surface area contributed by atoms with Gasteiger partial charge in [-0.25, -0.2) is 4.98 Å². The van der Waals surface area contributed by atoms with Crippen LogP contribution >= 0.6 is 0 Å². The number of piperidine rings is 1. The molecule has 0 spiro atoms. The van der Waals surface area contributed by atoms with Crippen molar-refractivity contribution < 1.29 is 14.3 Å². The van der Waals surface area contributed by atoms with E-state index in [1.54, 1.807) is 20.2 Å². The zero-order valence-corrected chi connectivity index (χ0v) is 20.4. The van der Waals surface area contributed by atoms with Crippen LogP contribution in [0.15, 0.2) is 30.5 Å². The van der Waals surface area contributed by atoms with Gasteiger partial charge in [0.05, 0.1) is 7.11 Å². The van der Waals surface area contributed by atoms with Gasteiger partial charge < -0.3 is 29.9 Å². The first kappa shape index (κ1) is 24.1. The minimum absolute atomic E-state index is 0.163. The molecule has 3 heterocycles. The number of anilines is 3. The molecule has 4 rings (SSSR count). The zero-order valence-electron chi connectivity index (χ0n) is 20.4. The summed E-state index contributed by atoms with van der Waals surface area (Å²) in [7, 11) is 3.79. The number of methoxy groups -OCH3 is 1. The third kappa shape index (κ3) is 6.28. The molecule has 2 aromatic rings. The van der Waals surface area contributed by atoms with Crippen LogP contribution in [0, 0.1) is 5.92 Å². The van der Waals surface area contributed by atoms with Crippen molar-refractivity contribution in [2.75, 3.05) is 57.6 Å². The van der Waals surface area contributed by atoms with Crippen molar-refractivity contribution in [3.8, 4) is 11.5 Å². The van der Waals surface area contributed by atoms with E-state index in [-0.39, 0.29) is 5.91 Å². The van der Waals surface area contributed by atoms with Crippen LogP contribution in [-0.2, 0) is 4.79 Å². The lowest BCUT2D eigenvalue weighted by atomic mass is 9.97. The van der Waals surface area contributed by atoms with Crippen LogP contribution in [0.1, 0.15) is 32.6 Å². The molecule has 2 N–H and O–H groups in total. The molecule has 2 aliphatic heterocycles. The molecule has 0 saturated carbocycles. The zero-order chi connectivity index (χ0) is 23.9. The Morgan fingerprint density at radius 2 is 1.97 bits per heavy atom. The molecule has 1 atom stereocenters. The highest BCUT2D eigenvalue weighted by atomic mass is 16.5. The maximum absolute atomic E-state index is 11.5. The van der Waals surface area contributed by atoms with Gasteiger partial charge in [0.15, 0.2) is 11.5 Å². The molecule has 2 saturated heterocycles. The standard InChI is InChI=1S/C25H36N6O3/c1-18(32)31-13-9-19(10-14-31)16-27-24-8-11-26-25(29-24)28-20-6-7-22(33-3)23(15-20)34-17-21-5-4-12-30(21)2/h6-8,11,15,19,21H,4-5,9-10,12-14,16-17H2,1-3H3,(H2,26,27,28,29)/t21-/m0/s1. The smallest absolute Gasteiger partial charge is 0.229 e. The van der Waals surface area contributed by atoms with Crippen LogP contribution in [0.3, 0.4) is 0 Å². The number of amides is 1. The summed E-state index contributed by atoms with van der Waals surface area (Å²) < 4.78 is 11.6. The molecule has 1 aromatic heterocycles. The summed E-state index contributed by atoms with van der Waals surface area (Å²) in [6.45, 7) is 5.89. The van der Waals surface area contributed by atoms with E-state index in [0.717, 1.165) is 56.9 Å². The summed E-state index contributed by atoms with van der Waals surface area (Å²) in [6, 6.07) is 8.06. The number of likely N-dealkylation sites (tertiary alicyclic amines) is 2. The third-order valence-corrected chi connectivity index (χ3v) is 6.81. The van der Waals surface area contributed by atoms with Crippen LogP contribution in [-0.4, -0.2) is 78.7 Å².